The van der Waals surface area contributed by atoms with Crippen molar-refractivity contribution in [2.24, 2.45) is 5.92 Å². The summed E-state index contributed by atoms with van der Waals surface area (Å²) in [5.41, 5.74) is 4.51. The van der Waals surface area contributed by atoms with Gasteiger partial charge in [0.1, 0.15) is 12.3 Å². The van der Waals surface area contributed by atoms with E-state index in [4.69, 9.17) is 4.74 Å². The second-order valence-electron chi connectivity index (χ2n) is 8.75. The van der Waals surface area contributed by atoms with Crippen LogP contribution in [0.4, 0.5) is 10.6 Å². The van der Waals surface area contributed by atoms with Crippen molar-refractivity contribution in [2.75, 3.05) is 25.0 Å². The quantitative estimate of drug-likeness (QED) is 0.443. The molecule has 35 heavy (non-hydrogen) atoms. The van der Waals surface area contributed by atoms with E-state index in [2.05, 4.69) is 27.6 Å². The first-order chi connectivity index (χ1) is 16.9. The topological polar surface area (TPSA) is 145 Å². The number of amides is 2. The number of piperidine rings is 1. The summed E-state index contributed by atoms with van der Waals surface area (Å²) in [4.78, 5) is 37.8. The van der Waals surface area contributed by atoms with Gasteiger partial charge in [0.2, 0.25) is 0 Å². The van der Waals surface area contributed by atoms with Crippen LogP contribution in [0.15, 0.2) is 54.6 Å². The molecule has 0 bridgehead atoms. The summed E-state index contributed by atoms with van der Waals surface area (Å²) in [6.45, 7) is 0.147. The zero-order chi connectivity index (χ0) is 24.5. The third kappa shape index (κ3) is 4.47. The molecule has 1 aliphatic carbocycles. The van der Waals surface area contributed by atoms with Gasteiger partial charge < -0.3 is 19.8 Å². The standard InChI is InChI=1S/C25H24N4O6/c30-15-9-14(24(32)33)11-29(12-15)23(31)21-10-22(28-27-21)26-25(34)35-13-20-18-7-3-1-5-16(18)17-6-2-4-8-19(17)20/h1-8,10,14-15,20,30H,9,11-13H2,(H,32,33)(H2,26,27,28,34). The van der Waals surface area contributed by atoms with Gasteiger partial charge in [-0.3, -0.25) is 20.0 Å². The second kappa shape index (κ2) is 9.22. The van der Waals surface area contributed by atoms with Crippen molar-refractivity contribution in [3.63, 3.8) is 0 Å². The normalized spacial score (nSPS) is 19.1. The fourth-order valence-electron chi connectivity index (χ4n) is 4.82. The molecule has 2 aromatic carbocycles. The molecule has 0 spiro atoms. The van der Waals surface area contributed by atoms with Crippen LogP contribution in [0.5, 0.6) is 0 Å². The van der Waals surface area contributed by atoms with Crippen LogP contribution in [0.2, 0.25) is 0 Å². The number of aliphatic hydroxyl groups is 1. The number of hydrogen-bond acceptors (Lipinski definition) is 6. The van der Waals surface area contributed by atoms with E-state index in [1.54, 1.807) is 0 Å². The first-order valence-electron chi connectivity index (χ1n) is 11.3. The first-order valence-corrected chi connectivity index (χ1v) is 11.3. The molecule has 2 unspecified atom stereocenters. The Morgan fingerprint density at radius 2 is 1.71 bits per heavy atom. The summed E-state index contributed by atoms with van der Waals surface area (Å²) in [6, 6.07) is 17.4. The summed E-state index contributed by atoms with van der Waals surface area (Å²) in [5, 5.41) is 28.2. The first kappa shape index (κ1) is 22.6. The highest BCUT2D eigenvalue weighted by Gasteiger charge is 2.34. The molecule has 2 heterocycles. The number of fused-ring (bicyclic) bond motifs is 3. The molecule has 1 aromatic heterocycles. The lowest BCUT2D eigenvalue weighted by atomic mass is 9.96. The summed E-state index contributed by atoms with van der Waals surface area (Å²) in [7, 11) is 0. The van der Waals surface area contributed by atoms with Crippen molar-refractivity contribution in [1.82, 2.24) is 15.1 Å². The van der Waals surface area contributed by atoms with E-state index in [1.807, 2.05) is 36.4 Å². The third-order valence-electron chi connectivity index (χ3n) is 6.45. The molecule has 10 nitrogen and oxygen atoms in total. The second-order valence-corrected chi connectivity index (χ2v) is 8.75. The van der Waals surface area contributed by atoms with Gasteiger partial charge in [-0.1, -0.05) is 48.5 Å². The summed E-state index contributed by atoms with van der Waals surface area (Å²) in [5.74, 6) is -2.41. The Morgan fingerprint density at radius 1 is 1.06 bits per heavy atom. The molecule has 180 valence electrons. The maximum Gasteiger partial charge on any atom is 0.412 e. The number of likely N-dealkylation sites (tertiary alicyclic amines) is 1. The molecule has 5 rings (SSSR count). The smallest absolute Gasteiger partial charge is 0.412 e. The predicted octanol–water partition coefficient (Wildman–Crippen LogP) is 2.68. The number of hydrogen-bond donors (Lipinski definition) is 4. The number of aliphatic carboxylic acids is 1. The highest BCUT2D eigenvalue weighted by Crippen LogP contribution is 2.44. The number of benzene rings is 2. The average molecular weight is 476 g/mol. The average Bonchev–Trinajstić information content (AvgIpc) is 3.44. The molecule has 3 aromatic rings. The van der Waals surface area contributed by atoms with Gasteiger partial charge in [-0.25, -0.2) is 4.79 Å². The number of nitrogens with zero attached hydrogens (tertiary/aromatic N) is 2. The maximum absolute atomic E-state index is 12.8. The lowest BCUT2D eigenvalue weighted by Crippen LogP contribution is -2.48. The summed E-state index contributed by atoms with van der Waals surface area (Å²) < 4.78 is 5.49. The molecule has 4 N–H and O–H groups in total. The van der Waals surface area contributed by atoms with Crippen molar-refractivity contribution in [3.8, 4) is 11.1 Å². The van der Waals surface area contributed by atoms with Crippen molar-refractivity contribution in [1.29, 1.82) is 0 Å². The molecule has 10 heteroatoms. The van der Waals surface area contributed by atoms with Crippen LogP contribution in [0.3, 0.4) is 0 Å². The lowest BCUT2D eigenvalue weighted by molar-refractivity contribution is -0.144. The number of anilines is 1. The number of aliphatic hydroxyl groups excluding tert-OH is 1. The number of nitrogens with one attached hydrogen (secondary N) is 2. The molecule has 1 aliphatic heterocycles. The van der Waals surface area contributed by atoms with Crippen LogP contribution in [-0.2, 0) is 9.53 Å². The van der Waals surface area contributed by atoms with Gasteiger partial charge in [0.05, 0.1) is 12.0 Å². The van der Waals surface area contributed by atoms with Crippen molar-refractivity contribution >= 4 is 23.8 Å². The summed E-state index contributed by atoms with van der Waals surface area (Å²) >= 11 is 0. The molecule has 2 atom stereocenters. The molecular weight excluding hydrogens is 452 g/mol. The maximum atomic E-state index is 12.8. The van der Waals surface area contributed by atoms with Crippen LogP contribution in [0, 0.1) is 5.92 Å². The highest BCUT2D eigenvalue weighted by molar-refractivity contribution is 5.94. The molecule has 0 saturated carbocycles. The molecule has 1 fully saturated rings. The predicted molar refractivity (Wildman–Crippen MR) is 125 cm³/mol. The van der Waals surface area contributed by atoms with E-state index < -0.39 is 30.0 Å². The Labute approximate surface area is 200 Å². The minimum Gasteiger partial charge on any atom is -0.481 e. The fourth-order valence-corrected chi connectivity index (χ4v) is 4.82. The van der Waals surface area contributed by atoms with E-state index >= 15 is 0 Å². The molecule has 2 aliphatic rings. The number of H-pyrrole nitrogens is 1. The number of aromatic amines is 1. The van der Waals surface area contributed by atoms with Crippen molar-refractivity contribution < 1.29 is 29.3 Å². The van der Waals surface area contributed by atoms with Crippen LogP contribution in [0.1, 0.15) is 34.0 Å². The van der Waals surface area contributed by atoms with Crippen LogP contribution in [-0.4, -0.2) is 69.1 Å². The third-order valence-corrected chi connectivity index (χ3v) is 6.45. The van der Waals surface area contributed by atoms with E-state index in [9.17, 15) is 24.6 Å². The summed E-state index contributed by atoms with van der Waals surface area (Å²) in [6.07, 6.45) is -1.54. The number of carbonyl (C=O) groups excluding carboxylic acids is 2. The molecule has 0 radical (unpaired) electrons. The largest absolute Gasteiger partial charge is 0.481 e. The zero-order valence-electron chi connectivity index (χ0n) is 18.7. The Balaban J connectivity index is 1.21. The Bertz CT molecular complexity index is 1240. The van der Waals surface area contributed by atoms with E-state index in [-0.39, 0.29) is 43.5 Å². The van der Waals surface area contributed by atoms with E-state index in [0.29, 0.717) is 0 Å². The van der Waals surface area contributed by atoms with Gasteiger partial charge in [0.15, 0.2) is 5.82 Å². The van der Waals surface area contributed by atoms with E-state index in [1.165, 1.54) is 11.0 Å². The SMILES string of the molecule is O=C(Nc1cc(C(=O)N2CC(O)CC(C(=O)O)C2)[nH]n1)OCC1c2ccccc2-c2ccccc21. The number of β-amino-alcohol motifs (C(OH)–C–C–N with tert-alkyl or cyclic N) is 1. The minimum atomic E-state index is -1.07. The molecular formula is C25H24N4O6. The van der Waals surface area contributed by atoms with Gasteiger partial charge >= 0.3 is 12.1 Å². The monoisotopic (exact) mass is 476 g/mol. The van der Waals surface area contributed by atoms with E-state index in [0.717, 1.165) is 22.3 Å². The van der Waals surface area contributed by atoms with Crippen LogP contribution in [0.25, 0.3) is 11.1 Å². The fraction of sp³-hybridized carbons (Fsp3) is 0.280. The Kier molecular flexibility index (Phi) is 5.96. The molecule has 2 amide bonds. The lowest BCUT2D eigenvalue weighted by Gasteiger charge is -2.33. The number of carboxylic acids is 1. The van der Waals surface area contributed by atoms with Gasteiger partial charge in [-0.15, -0.1) is 0 Å². The number of carbonyl (C=O) groups is 3. The van der Waals surface area contributed by atoms with Gasteiger partial charge in [-0.05, 0) is 28.7 Å². The zero-order valence-corrected chi connectivity index (χ0v) is 18.7. The Morgan fingerprint density at radius 3 is 2.37 bits per heavy atom. The number of aromatic nitrogens is 2. The minimum absolute atomic E-state index is 0.0145. The van der Waals surface area contributed by atoms with Gasteiger partial charge in [-0.2, -0.15) is 5.10 Å². The molecule has 1 saturated heterocycles. The number of carboxylic acid groups (broad SMARTS) is 1. The van der Waals surface area contributed by atoms with Crippen LogP contribution >= 0.6 is 0 Å². The number of ether oxygens (including phenoxy) is 1. The number of rotatable bonds is 5. The van der Waals surface area contributed by atoms with Crippen molar-refractivity contribution in [2.45, 2.75) is 18.4 Å². The highest BCUT2D eigenvalue weighted by atomic mass is 16.5. The van der Waals surface area contributed by atoms with Gasteiger partial charge in [0.25, 0.3) is 5.91 Å². The van der Waals surface area contributed by atoms with Crippen molar-refractivity contribution in [3.05, 3.63) is 71.4 Å². The van der Waals surface area contributed by atoms with Gasteiger partial charge in [0, 0.05) is 25.1 Å². The Hall–Kier alpha value is -4.18. The van der Waals surface area contributed by atoms with Crippen LogP contribution < -0.4 is 5.32 Å².